The molecule has 112 valence electrons. The van der Waals surface area contributed by atoms with E-state index in [-0.39, 0.29) is 11.8 Å². The molecule has 1 atom stereocenters. The minimum absolute atomic E-state index is 0.138. The van der Waals surface area contributed by atoms with E-state index in [0.29, 0.717) is 0 Å². The van der Waals surface area contributed by atoms with Crippen LogP contribution in [0.1, 0.15) is 39.0 Å². The van der Waals surface area contributed by atoms with Gasteiger partial charge in [-0.15, -0.1) is 0 Å². The molecule has 0 aromatic heterocycles. The van der Waals surface area contributed by atoms with Crippen molar-refractivity contribution < 1.29 is 8.42 Å². The van der Waals surface area contributed by atoms with Crippen molar-refractivity contribution >= 4 is 10.0 Å². The molecule has 19 heavy (non-hydrogen) atoms. The normalized spacial score (nSPS) is 25.0. The second kappa shape index (κ2) is 7.02. The molecular weight excluding hydrogens is 262 g/mol. The average Bonchev–Trinajstić information content (AvgIpc) is 3.10. The maximum Gasteiger partial charge on any atom is 0.211 e. The molecule has 0 radical (unpaired) electrons. The van der Waals surface area contributed by atoms with E-state index in [9.17, 15) is 8.42 Å². The summed E-state index contributed by atoms with van der Waals surface area (Å²) < 4.78 is 26.8. The van der Waals surface area contributed by atoms with E-state index in [4.69, 9.17) is 0 Å². The highest BCUT2D eigenvalue weighted by molar-refractivity contribution is 7.89. The number of rotatable bonds is 9. The van der Waals surface area contributed by atoms with E-state index < -0.39 is 10.0 Å². The molecule has 2 aliphatic rings. The minimum Gasteiger partial charge on any atom is -0.317 e. The predicted octanol–water partition coefficient (Wildman–Crippen LogP) is 0.532. The van der Waals surface area contributed by atoms with Crippen molar-refractivity contribution in [3.05, 3.63) is 0 Å². The van der Waals surface area contributed by atoms with Gasteiger partial charge in [-0.05, 0) is 45.2 Å². The molecule has 0 bridgehead atoms. The topological polar surface area (TPSA) is 61.4 Å². The Kier molecular flexibility index (Phi) is 5.62. The van der Waals surface area contributed by atoms with Crippen LogP contribution in [-0.4, -0.2) is 57.3 Å². The summed E-state index contributed by atoms with van der Waals surface area (Å²) in [6.45, 7) is 5.87. The first kappa shape index (κ1) is 15.2. The first-order valence-electron chi connectivity index (χ1n) is 7.55. The molecule has 1 saturated carbocycles. The Labute approximate surface area is 117 Å². The summed E-state index contributed by atoms with van der Waals surface area (Å²) in [7, 11) is -3.09. The zero-order valence-corrected chi connectivity index (χ0v) is 12.7. The molecule has 1 saturated heterocycles. The van der Waals surface area contributed by atoms with Crippen molar-refractivity contribution in [3.63, 3.8) is 0 Å². The lowest BCUT2D eigenvalue weighted by Gasteiger charge is -2.15. The standard InChI is InChI=1S/C13H27N3O2S/c1-2-14-8-3-4-10-19(17,18)15-12-7-9-16(11-12)13-5-6-13/h12-15H,2-11H2,1H3. The van der Waals surface area contributed by atoms with Crippen LogP contribution in [0.4, 0.5) is 0 Å². The lowest BCUT2D eigenvalue weighted by molar-refractivity contribution is 0.322. The minimum atomic E-state index is -3.09. The molecule has 0 aromatic rings. The van der Waals surface area contributed by atoms with Gasteiger partial charge in [0.15, 0.2) is 0 Å². The van der Waals surface area contributed by atoms with Gasteiger partial charge in [-0.3, -0.25) is 4.90 Å². The molecule has 6 heteroatoms. The zero-order chi connectivity index (χ0) is 13.7. The van der Waals surface area contributed by atoms with Crippen LogP contribution in [0.2, 0.25) is 0 Å². The zero-order valence-electron chi connectivity index (χ0n) is 11.9. The molecule has 2 N–H and O–H groups in total. The number of hydrogen-bond acceptors (Lipinski definition) is 4. The Balaban J connectivity index is 1.63. The van der Waals surface area contributed by atoms with Gasteiger partial charge >= 0.3 is 0 Å². The van der Waals surface area contributed by atoms with Crippen molar-refractivity contribution in [3.8, 4) is 0 Å². The average molecular weight is 289 g/mol. The molecule has 2 fully saturated rings. The third-order valence-corrected chi connectivity index (χ3v) is 5.41. The van der Waals surface area contributed by atoms with Crippen LogP contribution >= 0.6 is 0 Å². The van der Waals surface area contributed by atoms with Gasteiger partial charge in [0.25, 0.3) is 0 Å². The number of unbranched alkanes of at least 4 members (excludes halogenated alkanes) is 1. The molecule has 1 unspecified atom stereocenters. The molecule has 1 aliphatic carbocycles. The van der Waals surface area contributed by atoms with Crippen LogP contribution in [-0.2, 0) is 10.0 Å². The molecule has 2 rings (SSSR count). The lowest BCUT2D eigenvalue weighted by Crippen LogP contribution is -2.38. The highest BCUT2D eigenvalue weighted by Gasteiger charge is 2.35. The molecule has 0 aromatic carbocycles. The Morgan fingerprint density at radius 2 is 2.00 bits per heavy atom. The van der Waals surface area contributed by atoms with Crippen LogP contribution in [0.25, 0.3) is 0 Å². The van der Waals surface area contributed by atoms with Crippen molar-refractivity contribution in [1.82, 2.24) is 14.9 Å². The van der Waals surface area contributed by atoms with Gasteiger partial charge in [-0.1, -0.05) is 6.92 Å². The van der Waals surface area contributed by atoms with E-state index in [1.165, 1.54) is 12.8 Å². The first-order chi connectivity index (χ1) is 9.11. The smallest absolute Gasteiger partial charge is 0.211 e. The summed E-state index contributed by atoms with van der Waals surface area (Å²) in [5.74, 6) is 0.262. The summed E-state index contributed by atoms with van der Waals surface area (Å²) in [6, 6.07) is 0.883. The largest absolute Gasteiger partial charge is 0.317 e. The van der Waals surface area contributed by atoms with E-state index in [0.717, 1.165) is 51.5 Å². The molecule has 0 amide bonds. The summed E-state index contributed by atoms with van der Waals surface area (Å²) in [5.41, 5.74) is 0. The Morgan fingerprint density at radius 3 is 2.68 bits per heavy atom. The van der Waals surface area contributed by atoms with Gasteiger partial charge in [-0.2, -0.15) is 0 Å². The summed E-state index contributed by atoms with van der Waals surface area (Å²) in [4.78, 5) is 2.43. The van der Waals surface area contributed by atoms with Crippen molar-refractivity contribution in [2.24, 2.45) is 0 Å². The molecule has 1 aliphatic heterocycles. The quantitative estimate of drug-likeness (QED) is 0.608. The number of nitrogens with zero attached hydrogens (tertiary/aromatic N) is 1. The van der Waals surface area contributed by atoms with E-state index in [1.807, 2.05) is 0 Å². The van der Waals surface area contributed by atoms with Crippen LogP contribution < -0.4 is 10.0 Å². The molecule has 0 spiro atoms. The van der Waals surface area contributed by atoms with Gasteiger partial charge in [0, 0.05) is 25.2 Å². The van der Waals surface area contributed by atoms with E-state index >= 15 is 0 Å². The number of nitrogens with one attached hydrogen (secondary N) is 2. The van der Waals surface area contributed by atoms with Crippen molar-refractivity contribution in [1.29, 1.82) is 0 Å². The Hall–Kier alpha value is -0.170. The number of likely N-dealkylation sites (tertiary alicyclic amines) is 1. The SMILES string of the molecule is CCNCCCCS(=O)(=O)NC1CCN(C2CC2)C1. The maximum absolute atomic E-state index is 12.0. The molecule has 1 heterocycles. The van der Waals surface area contributed by atoms with E-state index in [1.54, 1.807) is 0 Å². The van der Waals surface area contributed by atoms with Crippen LogP contribution in [0.5, 0.6) is 0 Å². The lowest BCUT2D eigenvalue weighted by atomic mass is 10.3. The van der Waals surface area contributed by atoms with E-state index in [2.05, 4.69) is 21.9 Å². The first-order valence-corrected chi connectivity index (χ1v) is 9.20. The van der Waals surface area contributed by atoms with Crippen molar-refractivity contribution in [2.75, 3.05) is 31.9 Å². The fraction of sp³-hybridized carbons (Fsp3) is 1.00. The summed E-state index contributed by atoms with van der Waals surface area (Å²) in [6.07, 6.45) is 5.22. The number of hydrogen-bond donors (Lipinski definition) is 2. The second-order valence-electron chi connectivity index (χ2n) is 5.71. The highest BCUT2D eigenvalue weighted by Crippen LogP contribution is 2.29. The van der Waals surface area contributed by atoms with Crippen LogP contribution in [0.15, 0.2) is 0 Å². The van der Waals surface area contributed by atoms with Crippen LogP contribution in [0.3, 0.4) is 0 Å². The molecule has 5 nitrogen and oxygen atoms in total. The highest BCUT2D eigenvalue weighted by atomic mass is 32.2. The summed E-state index contributed by atoms with van der Waals surface area (Å²) >= 11 is 0. The van der Waals surface area contributed by atoms with Gasteiger partial charge in [0.1, 0.15) is 0 Å². The predicted molar refractivity (Wildman–Crippen MR) is 77.7 cm³/mol. The van der Waals surface area contributed by atoms with Gasteiger partial charge in [0.05, 0.1) is 5.75 Å². The third kappa shape index (κ3) is 5.38. The number of sulfonamides is 1. The van der Waals surface area contributed by atoms with Crippen molar-refractivity contribution in [2.45, 2.75) is 51.1 Å². The fourth-order valence-corrected chi connectivity index (χ4v) is 4.09. The van der Waals surface area contributed by atoms with Gasteiger partial charge in [-0.25, -0.2) is 13.1 Å². The third-order valence-electron chi connectivity index (χ3n) is 3.90. The van der Waals surface area contributed by atoms with Gasteiger partial charge < -0.3 is 5.32 Å². The molecular formula is C13H27N3O2S. The van der Waals surface area contributed by atoms with Gasteiger partial charge in [0.2, 0.25) is 10.0 Å². The Morgan fingerprint density at radius 1 is 1.21 bits per heavy atom. The summed E-state index contributed by atoms with van der Waals surface area (Å²) in [5, 5.41) is 3.21. The monoisotopic (exact) mass is 289 g/mol. The maximum atomic E-state index is 12.0. The fourth-order valence-electron chi connectivity index (χ4n) is 2.69. The second-order valence-corrected chi connectivity index (χ2v) is 7.58. The Bertz CT molecular complexity index is 368. The van der Waals surface area contributed by atoms with Crippen LogP contribution in [0, 0.1) is 0 Å².